The highest BCUT2D eigenvalue weighted by atomic mass is 32.1. The second-order valence-corrected chi connectivity index (χ2v) is 21.7. The summed E-state index contributed by atoms with van der Waals surface area (Å²) in [5, 5.41) is 0.801. The number of unbranched alkanes of at least 4 members (excludes halogenated alkanes) is 28. The average Bonchev–Trinajstić information content (AvgIpc) is 3.78. The van der Waals surface area contributed by atoms with E-state index in [-0.39, 0.29) is 17.7 Å². The van der Waals surface area contributed by atoms with Gasteiger partial charge in [-0.25, -0.2) is 0 Å². The minimum Gasteiger partial charge on any atom is -0.493 e. The van der Waals surface area contributed by atoms with Gasteiger partial charge in [0.2, 0.25) is 0 Å². The van der Waals surface area contributed by atoms with Gasteiger partial charge < -0.3 is 14.2 Å². The molecule has 7 nitrogen and oxygen atoms in total. The average molecular weight is 1000 g/mol. The molecule has 1 aliphatic rings. The van der Waals surface area contributed by atoms with Crippen molar-refractivity contribution in [3.05, 3.63) is 77.9 Å². The Balaban J connectivity index is 1.10. The molecule has 2 heterocycles. The highest BCUT2D eigenvalue weighted by Crippen LogP contribution is 2.42. The second-order valence-electron chi connectivity index (χ2n) is 20.7. The smallest absolute Gasteiger partial charge is 0.311 e. The van der Waals surface area contributed by atoms with Crippen LogP contribution in [0.15, 0.2) is 71.7 Å². The third kappa shape index (κ3) is 23.3. The van der Waals surface area contributed by atoms with Crippen LogP contribution in [0.2, 0.25) is 0 Å². The second kappa shape index (κ2) is 36.6. The lowest BCUT2D eigenvalue weighted by molar-refractivity contribution is -0.135. The third-order valence-electron chi connectivity index (χ3n) is 14.4. The highest BCUT2D eigenvalue weighted by Gasteiger charge is 2.23. The van der Waals surface area contributed by atoms with Crippen LogP contribution >= 0.6 is 11.3 Å². The van der Waals surface area contributed by atoms with E-state index < -0.39 is 0 Å². The molecular weight excluding hydrogens is 911 g/mol. The molecule has 4 aromatic rings. The number of ether oxygens (including phenoxy) is 3. The van der Waals surface area contributed by atoms with E-state index in [1.165, 1.54) is 178 Å². The molecule has 0 spiro atoms. The largest absolute Gasteiger partial charge is 0.493 e. The molecular formula is C64H93NO6S. The molecule has 0 atom stereocenters. The number of nitrogens with zero attached hydrogens (tertiary/aromatic N) is 1. The number of esters is 2. The first kappa shape index (κ1) is 58.6. The molecule has 0 unspecified atom stereocenters. The van der Waals surface area contributed by atoms with Crippen LogP contribution in [0.1, 0.15) is 261 Å². The summed E-state index contributed by atoms with van der Waals surface area (Å²) >= 11 is 1.50. The Kier molecular flexibility index (Phi) is 29.8. The minimum absolute atomic E-state index is 0.101. The van der Waals surface area contributed by atoms with Crippen LogP contribution in [0.25, 0.3) is 20.5 Å². The van der Waals surface area contributed by atoms with Gasteiger partial charge in [-0.05, 0) is 104 Å². The van der Waals surface area contributed by atoms with E-state index in [0.29, 0.717) is 42.1 Å². The Morgan fingerprint density at radius 3 is 1.42 bits per heavy atom. The number of carbonyl (C=O) groups is 3. The molecule has 1 aliphatic heterocycles. The van der Waals surface area contributed by atoms with Crippen molar-refractivity contribution < 1.29 is 28.6 Å². The van der Waals surface area contributed by atoms with E-state index in [0.717, 1.165) is 90.6 Å². The lowest BCUT2D eigenvalue weighted by atomic mass is 9.97. The van der Waals surface area contributed by atoms with E-state index >= 15 is 0 Å². The monoisotopic (exact) mass is 1000 g/mol. The zero-order chi connectivity index (χ0) is 50.7. The van der Waals surface area contributed by atoms with Crippen molar-refractivity contribution in [2.45, 2.75) is 245 Å². The van der Waals surface area contributed by atoms with Crippen LogP contribution in [-0.4, -0.2) is 36.6 Å². The van der Waals surface area contributed by atoms with Gasteiger partial charge >= 0.3 is 11.9 Å². The molecule has 0 amide bonds. The Morgan fingerprint density at radius 1 is 0.500 bits per heavy atom. The first-order chi connectivity index (χ1) is 35.4. The molecule has 5 rings (SSSR count). The fourth-order valence-electron chi connectivity index (χ4n) is 9.98. The van der Waals surface area contributed by atoms with Crippen LogP contribution < -0.4 is 14.2 Å². The van der Waals surface area contributed by atoms with E-state index in [9.17, 15) is 14.4 Å². The zero-order valence-corrected chi connectivity index (χ0v) is 45.8. The summed E-state index contributed by atoms with van der Waals surface area (Å²) in [6.45, 7) is 6.02. The molecule has 0 saturated heterocycles. The number of aliphatic imine (C=N–C) groups is 1. The molecule has 0 bridgehead atoms. The maximum atomic E-state index is 14.5. The van der Waals surface area contributed by atoms with Gasteiger partial charge in [-0.15, -0.1) is 11.3 Å². The molecule has 0 saturated carbocycles. The molecule has 0 aliphatic carbocycles. The molecule has 0 N–H and O–H groups in total. The molecule has 0 radical (unpaired) electrons. The fourth-order valence-corrected chi connectivity index (χ4v) is 11.2. The van der Waals surface area contributed by atoms with Gasteiger partial charge in [-0.2, -0.15) is 0 Å². The number of hydrogen-bond acceptors (Lipinski definition) is 8. The number of carbonyl (C=O) groups excluding carboxylic acids is 3. The van der Waals surface area contributed by atoms with E-state index in [1.54, 1.807) is 6.07 Å². The van der Waals surface area contributed by atoms with E-state index in [2.05, 4.69) is 18.8 Å². The number of thiophene rings is 1. The number of fused-ring (bicyclic) bond motifs is 1. The Morgan fingerprint density at radius 2 is 0.944 bits per heavy atom. The fraction of sp³-hybridized carbons (Fsp3) is 0.625. The summed E-state index contributed by atoms with van der Waals surface area (Å²) in [7, 11) is 0. The van der Waals surface area contributed by atoms with Crippen molar-refractivity contribution in [3.8, 4) is 27.7 Å². The van der Waals surface area contributed by atoms with Crippen LogP contribution in [0.5, 0.6) is 17.2 Å². The van der Waals surface area contributed by atoms with Crippen molar-refractivity contribution in [2.24, 2.45) is 4.99 Å². The van der Waals surface area contributed by atoms with Crippen LogP contribution in [0.4, 0.5) is 0 Å². The lowest BCUT2D eigenvalue weighted by Crippen LogP contribution is -2.10. The van der Waals surface area contributed by atoms with Gasteiger partial charge in [-0.3, -0.25) is 19.4 Å². The van der Waals surface area contributed by atoms with Crippen molar-refractivity contribution in [1.29, 1.82) is 0 Å². The summed E-state index contributed by atoms with van der Waals surface area (Å²) in [6, 6.07) is 20.4. The Bertz CT molecular complexity index is 2140. The van der Waals surface area contributed by atoms with E-state index in [1.807, 2.05) is 60.7 Å². The molecule has 3 aromatic carbocycles. The zero-order valence-electron chi connectivity index (χ0n) is 45.0. The van der Waals surface area contributed by atoms with Gasteiger partial charge in [0.25, 0.3) is 0 Å². The van der Waals surface area contributed by atoms with Gasteiger partial charge in [0, 0.05) is 57.6 Å². The summed E-state index contributed by atoms with van der Waals surface area (Å²) in [5.74, 6) is 1.16. The maximum Gasteiger partial charge on any atom is 0.311 e. The van der Waals surface area contributed by atoms with Crippen LogP contribution in [0, 0.1) is 0 Å². The maximum absolute atomic E-state index is 14.5. The third-order valence-corrected chi connectivity index (χ3v) is 15.6. The Labute approximate surface area is 440 Å². The van der Waals surface area contributed by atoms with Crippen LogP contribution in [0.3, 0.4) is 0 Å². The SMILES string of the molecule is CCCCCCCCCCCCCCCCCC(=O)Oc1ccc(-c2sc3cc(OC(=O)CCCCCCCCCCCCCCCCC)ccc3c2C(=O)c2ccc(OCCC3=NCCCC3)cc2)cc1. The van der Waals surface area contributed by atoms with Gasteiger partial charge in [0.15, 0.2) is 5.78 Å². The van der Waals surface area contributed by atoms with Crippen molar-refractivity contribution in [2.75, 3.05) is 13.2 Å². The van der Waals surface area contributed by atoms with Crippen LogP contribution in [-0.2, 0) is 9.59 Å². The predicted octanol–water partition coefficient (Wildman–Crippen LogP) is 19.5. The van der Waals surface area contributed by atoms with Gasteiger partial charge in [0.1, 0.15) is 17.2 Å². The molecule has 72 heavy (non-hydrogen) atoms. The van der Waals surface area contributed by atoms with Gasteiger partial charge in [-0.1, -0.05) is 194 Å². The number of rotatable bonds is 41. The normalized spacial score (nSPS) is 12.6. The molecule has 8 heteroatoms. The van der Waals surface area contributed by atoms with Crippen molar-refractivity contribution in [3.63, 3.8) is 0 Å². The van der Waals surface area contributed by atoms with Crippen molar-refractivity contribution in [1.82, 2.24) is 0 Å². The Hall–Kier alpha value is -4.30. The standard InChI is InChI=1S/C64H93NO6S/c1-3-5-7-9-11-13-15-17-19-21-23-25-27-29-31-36-60(66)70-56-44-40-53(41-45-56)64-62(63(68)52-38-42-55(43-39-52)69-50-48-54-35-33-34-49-65-54)58-47-46-57(51-59(58)72-64)71-61(67)37-32-30-28-26-24-22-20-18-16-14-12-10-8-6-4-2/h38-47,51H,3-37,48-50H2,1-2H3. The lowest BCUT2D eigenvalue weighted by Gasteiger charge is -2.12. The number of hydrogen-bond donors (Lipinski definition) is 0. The van der Waals surface area contributed by atoms with E-state index in [4.69, 9.17) is 14.2 Å². The minimum atomic E-state index is -0.226. The first-order valence-electron chi connectivity index (χ1n) is 29.3. The van der Waals surface area contributed by atoms with Crippen molar-refractivity contribution >= 4 is 44.9 Å². The molecule has 396 valence electrons. The quantitative estimate of drug-likeness (QED) is 0.0190. The molecule has 1 aromatic heterocycles. The summed E-state index contributed by atoms with van der Waals surface area (Å²) in [6.07, 6.45) is 43.5. The first-order valence-corrected chi connectivity index (χ1v) is 30.1. The highest BCUT2D eigenvalue weighted by molar-refractivity contribution is 7.22. The number of ketones is 1. The summed E-state index contributed by atoms with van der Waals surface area (Å²) in [5.41, 5.74) is 3.22. The number of benzene rings is 3. The summed E-state index contributed by atoms with van der Waals surface area (Å²) in [4.78, 5) is 45.8. The predicted molar refractivity (Wildman–Crippen MR) is 304 cm³/mol. The molecule has 0 fully saturated rings. The topological polar surface area (TPSA) is 91.3 Å². The van der Waals surface area contributed by atoms with Gasteiger partial charge in [0.05, 0.1) is 6.61 Å². The summed E-state index contributed by atoms with van der Waals surface area (Å²) < 4.78 is 18.6.